The number of carbonyl (C=O) groups is 1. The highest BCUT2D eigenvalue weighted by atomic mass is 79.9. The van der Waals surface area contributed by atoms with E-state index in [0.29, 0.717) is 22.6 Å². The molecule has 1 heterocycles. The smallest absolute Gasteiger partial charge is 0.355 e. The third-order valence-corrected chi connectivity index (χ3v) is 4.33. The number of methoxy groups -OCH3 is 1. The minimum atomic E-state index is -0.450. The predicted molar refractivity (Wildman–Crippen MR) is 95.1 cm³/mol. The van der Waals surface area contributed by atoms with Gasteiger partial charge in [0.25, 0.3) is 0 Å². The van der Waals surface area contributed by atoms with Crippen LogP contribution in [0.25, 0.3) is 22.4 Å². The summed E-state index contributed by atoms with van der Waals surface area (Å²) in [6.45, 7) is 0. The van der Waals surface area contributed by atoms with Crippen LogP contribution in [-0.4, -0.2) is 18.1 Å². The van der Waals surface area contributed by atoms with Crippen molar-refractivity contribution in [1.82, 2.24) is 4.98 Å². The van der Waals surface area contributed by atoms with Gasteiger partial charge in [0.05, 0.1) is 18.5 Å². The Morgan fingerprint density at radius 3 is 2.39 bits per heavy atom. The fourth-order valence-corrected chi connectivity index (χ4v) is 3.03. The van der Waals surface area contributed by atoms with Gasteiger partial charge < -0.3 is 15.5 Å². The molecule has 0 atom stereocenters. The Balaban J connectivity index is 2.27. The maximum absolute atomic E-state index is 12.2. The maximum atomic E-state index is 12.2. The van der Waals surface area contributed by atoms with Crippen LogP contribution in [-0.2, 0) is 4.74 Å². The zero-order chi connectivity index (χ0) is 16.4. The van der Waals surface area contributed by atoms with Gasteiger partial charge in [-0.25, -0.2) is 4.79 Å². The lowest BCUT2D eigenvalue weighted by Crippen LogP contribution is -2.03. The molecule has 0 fully saturated rings. The highest BCUT2D eigenvalue weighted by Gasteiger charge is 2.23. The number of ether oxygens (including phenoxy) is 1. The topological polar surface area (TPSA) is 68.1 Å². The van der Waals surface area contributed by atoms with Gasteiger partial charge in [-0.15, -0.1) is 0 Å². The fraction of sp³-hybridized carbons (Fsp3) is 0.0556. The van der Waals surface area contributed by atoms with E-state index in [0.717, 1.165) is 15.6 Å². The molecule has 0 aliphatic rings. The van der Waals surface area contributed by atoms with Crippen LogP contribution in [0.15, 0.2) is 59.1 Å². The Hall–Kier alpha value is -2.53. The zero-order valence-electron chi connectivity index (χ0n) is 12.5. The summed E-state index contributed by atoms with van der Waals surface area (Å²) in [6.07, 6.45) is 0. The van der Waals surface area contributed by atoms with Gasteiger partial charge in [0, 0.05) is 15.6 Å². The number of carbonyl (C=O) groups excluding carboxylic acids is 1. The Morgan fingerprint density at radius 2 is 1.74 bits per heavy atom. The van der Waals surface area contributed by atoms with Crippen molar-refractivity contribution in [3.8, 4) is 22.4 Å². The SMILES string of the molecule is COC(=O)c1[nH]c(-c2ccccc2Br)c(N)c1-c1ccccc1. The molecule has 0 spiro atoms. The van der Waals surface area contributed by atoms with Crippen LogP contribution in [0.1, 0.15) is 10.5 Å². The number of esters is 1. The van der Waals surface area contributed by atoms with Crippen LogP contribution >= 0.6 is 15.9 Å². The van der Waals surface area contributed by atoms with Crippen LogP contribution in [0.2, 0.25) is 0 Å². The summed E-state index contributed by atoms with van der Waals surface area (Å²) >= 11 is 3.52. The van der Waals surface area contributed by atoms with Crippen LogP contribution in [0.4, 0.5) is 5.69 Å². The number of hydrogen-bond acceptors (Lipinski definition) is 3. The van der Waals surface area contributed by atoms with E-state index in [2.05, 4.69) is 20.9 Å². The van der Waals surface area contributed by atoms with Gasteiger partial charge in [-0.1, -0.05) is 64.5 Å². The lowest BCUT2D eigenvalue weighted by atomic mass is 10.0. The number of nitrogens with two attached hydrogens (primary N) is 1. The van der Waals surface area contributed by atoms with Gasteiger partial charge in [0.1, 0.15) is 5.69 Å². The number of benzene rings is 2. The molecule has 0 aliphatic carbocycles. The summed E-state index contributed by atoms with van der Waals surface area (Å²) in [5.41, 5.74) is 10.3. The Kier molecular flexibility index (Phi) is 4.21. The Morgan fingerprint density at radius 1 is 1.09 bits per heavy atom. The molecule has 0 amide bonds. The molecule has 116 valence electrons. The molecule has 0 saturated carbocycles. The average molecular weight is 371 g/mol. The van der Waals surface area contributed by atoms with Crippen LogP contribution in [0, 0.1) is 0 Å². The van der Waals surface area contributed by atoms with E-state index in [-0.39, 0.29) is 0 Å². The molecule has 0 saturated heterocycles. The van der Waals surface area contributed by atoms with E-state index in [1.165, 1.54) is 7.11 Å². The summed E-state index contributed by atoms with van der Waals surface area (Å²) in [5, 5.41) is 0. The number of nitrogen functional groups attached to an aromatic ring is 1. The Bertz CT molecular complexity index is 857. The standard InChI is InChI=1S/C18H15BrN2O2/c1-23-18(22)17-14(11-7-3-2-4-8-11)15(20)16(21-17)12-9-5-6-10-13(12)19/h2-10,21H,20H2,1H3. The predicted octanol–water partition coefficient (Wildman–Crippen LogP) is 4.48. The summed E-state index contributed by atoms with van der Waals surface area (Å²) in [7, 11) is 1.35. The summed E-state index contributed by atoms with van der Waals surface area (Å²) in [4.78, 5) is 15.3. The first kappa shape index (κ1) is 15.4. The molecule has 3 aromatic rings. The van der Waals surface area contributed by atoms with Gasteiger partial charge >= 0.3 is 5.97 Å². The van der Waals surface area contributed by atoms with Crippen molar-refractivity contribution in [2.45, 2.75) is 0 Å². The third-order valence-electron chi connectivity index (χ3n) is 3.63. The maximum Gasteiger partial charge on any atom is 0.355 e. The highest BCUT2D eigenvalue weighted by Crippen LogP contribution is 2.40. The number of aromatic amines is 1. The molecular formula is C18H15BrN2O2. The fourth-order valence-electron chi connectivity index (χ4n) is 2.55. The molecule has 3 rings (SSSR count). The minimum absolute atomic E-state index is 0.349. The average Bonchev–Trinajstić information content (AvgIpc) is 2.92. The van der Waals surface area contributed by atoms with Gasteiger partial charge in [0.2, 0.25) is 0 Å². The highest BCUT2D eigenvalue weighted by molar-refractivity contribution is 9.10. The van der Waals surface area contributed by atoms with Gasteiger partial charge in [-0.05, 0) is 11.6 Å². The van der Waals surface area contributed by atoms with E-state index >= 15 is 0 Å². The molecule has 23 heavy (non-hydrogen) atoms. The first-order valence-electron chi connectivity index (χ1n) is 7.03. The van der Waals surface area contributed by atoms with Crippen molar-refractivity contribution in [2.75, 3.05) is 12.8 Å². The number of nitrogens with one attached hydrogen (secondary N) is 1. The lowest BCUT2D eigenvalue weighted by Gasteiger charge is -2.05. The van der Waals surface area contributed by atoms with E-state index in [4.69, 9.17) is 10.5 Å². The largest absolute Gasteiger partial charge is 0.464 e. The number of hydrogen-bond donors (Lipinski definition) is 2. The van der Waals surface area contributed by atoms with Crippen molar-refractivity contribution in [3.05, 3.63) is 64.8 Å². The number of halogens is 1. The summed E-state index contributed by atoms with van der Waals surface area (Å²) < 4.78 is 5.79. The van der Waals surface area contributed by atoms with Crippen molar-refractivity contribution >= 4 is 27.6 Å². The summed E-state index contributed by atoms with van der Waals surface area (Å²) in [6, 6.07) is 17.2. The quantitative estimate of drug-likeness (QED) is 0.667. The number of aromatic nitrogens is 1. The van der Waals surface area contributed by atoms with Gasteiger partial charge in [-0.3, -0.25) is 0 Å². The second-order valence-corrected chi connectivity index (χ2v) is 5.86. The van der Waals surface area contributed by atoms with Gasteiger partial charge in [0.15, 0.2) is 0 Å². The molecule has 0 radical (unpaired) electrons. The zero-order valence-corrected chi connectivity index (χ0v) is 14.1. The molecular weight excluding hydrogens is 356 g/mol. The van der Waals surface area contributed by atoms with Crippen LogP contribution in [0.5, 0.6) is 0 Å². The minimum Gasteiger partial charge on any atom is -0.464 e. The van der Waals surface area contributed by atoms with E-state index in [1.54, 1.807) is 0 Å². The number of anilines is 1. The first-order valence-corrected chi connectivity index (χ1v) is 7.83. The molecule has 4 nitrogen and oxygen atoms in total. The first-order chi connectivity index (χ1) is 11.1. The van der Waals surface area contributed by atoms with Crippen molar-refractivity contribution in [2.24, 2.45) is 0 Å². The van der Waals surface area contributed by atoms with Crippen molar-refractivity contribution in [3.63, 3.8) is 0 Å². The second-order valence-electron chi connectivity index (χ2n) is 5.00. The van der Waals surface area contributed by atoms with Gasteiger partial charge in [-0.2, -0.15) is 0 Å². The summed E-state index contributed by atoms with van der Waals surface area (Å²) in [5.74, 6) is -0.450. The molecule has 3 N–H and O–H groups in total. The third kappa shape index (κ3) is 2.75. The molecule has 1 aromatic heterocycles. The van der Waals surface area contributed by atoms with E-state index in [1.807, 2.05) is 54.6 Å². The molecule has 0 bridgehead atoms. The lowest BCUT2D eigenvalue weighted by molar-refractivity contribution is 0.0596. The normalized spacial score (nSPS) is 10.5. The van der Waals surface area contributed by atoms with E-state index < -0.39 is 5.97 Å². The molecule has 0 unspecified atom stereocenters. The number of H-pyrrole nitrogens is 1. The second kappa shape index (κ2) is 6.30. The van der Waals surface area contributed by atoms with Crippen LogP contribution < -0.4 is 5.73 Å². The van der Waals surface area contributed by atoms with Crippen molar-refractivity contribution < 1.29 is 9.53 Å². The number of rotatable bonds is 3. The molecule has 0 aliphatic heterocycles. The Labute approximate surface area is 142 Å². The van der Waals surface area contributed by atoms with Crippen LogP contribution in [0.3, 0.4) is 0 Å². The van der Waals surface area contributed by atoms with Crippen molar-refractivity contribution in [1.29, 1.82) is 0 Å². The molecule has 5 heteroatoms. The van der Waals surface area contributed by atoms with E-state index in [9.17, 15) is 4.79 Å². The monoisotopic (exact) mass is 370 g/mol. The molecule has 2 aromatic carbocycles.